The van der Waals surface area contributed by atoms with E-state index >= 15 is 0 Å². The zero-order valence-corrected chi connectivity index (χ0v) is 16.6. The second-order valence-electron chi connectivity index (χ2n) is 7.48. The second kappa shape index (κ2) is 9.80. The van der Waals surface area contributed by atoms with Gasteiger partial charge in [-0.1, -0.05) is 36.8 Å². The number of alkyl halides is 3. The molecule has 0 aromatic heterocycles. The number of hydrogen-bond acceptors (Lipinski definition) is 2. The van der Waals surface area contributed by atoms with Crippen molar-refractivity contribution < 1.29 is 18.0 Å². The van der Waals surface area contributed by atoms with Gasteiger partial charge in [-0.15, -0.1) is 0 Å². The summed E-state index contributed by atoms with van der Waals surface area (Å²) >= 11 is 0. The number of guanidine groups is 1. The highest BCUT2D eigenvalue weighted by molar-refractivity contribution is 5.85. The van der Waals surface area contributed by atoms with Gasteiger partial charge in [0.2, 0.25) is 5.91 Å². The molecule has 156 valence electrons. The Bertz CT molecular complexity index is 661. The first kappa shape index (κ1) is 22.0. The van der Waals surface area contributed by atoms with E-state index in [2.05, 4.69) is 15.6 Å². The topological polar surface area (TPSA) is 56.7 Å². The summed E-state index contributed by atoms with van der Waals surface area (Å²) in [6.07, 6.45) is -2.83. The van der Waals surface area contributed by atoms with Crippen LogP contribution >= 0.6 is 0 Å². The first-order valence-corrected chi connectivity index (χ1v) is 9.56. The van der Waals surface area contributed by atoms with Crippen LogP contribution in [-0.4, -0.2) is 49.6 Å². The van der Waals surface area contributed by atoms with Crippen LogP contribution in [-0.2, 0) is 4.79 Å². The molecule has 1 aromatic carbocycles. The number of carbonyl (C=O) groups is 1. The van der Waals surface area contributed by atoms with Crippen molar-refractivity contribution >= 4 is 11.9 Å². The lowest BCUT2D eigenvalue weighted by atomic mass is 9.85. The Hall–Kier alpha value is -2.25. The molecule has 1 aliphatic carbocycles. The lowest BCUT2D eigenvalue weighted by Gasteiger charge is -2.32. The standard InChI is InChI=1S/C20H29F3N4O/c1-14(15-8-5-4-6-9-15)25-19(24-13-18(28)27(2)3)26-17-11-7-10-16(12-17)20(21,22)23/h4-6,8-9,14,16-17H,7,10-13H2,1-3H3,(H2,24,25,26). The van der Waals surface area contributed by atoms with Gasteiger partial charge in [0.25, 0.3) is 0 Å². The molecule has 0 saturated heterocycles. The summed E-state index contributed by atoms with van der Waals surface area (Å²) in [5.41, 5.74) is 1.02. The van der Waals surface area contributed by atoms with Crippen LogP contribution in [0.5, 0.6) is 0 Å². The van der Waals surface area contributed by atoms with Gasteiger partial charge in [0, 0.05) is 20.1 Å². The number of benzene rings is 1. The molecular formula is C20H29F3N4O. The van der Waals surface area contributed by atoms with Crippen LogP contribution in [0, 0.1) is 5.92 Å². The van der Waals surface area contributed by atoms with Gasteiger partial charge in [-0.25, -0.2) is 4.99 Å². The van der Waals surface area contributed by atoms with Gasteiger partial charge >= 0.3 is 6.18 Å². The van der Waals surface area contributed by atoms with Crippen molar-refractivity contribution in [3.05, 3.63) is 35.9 Å². The van der Waals surface area contributed by atoms with Crippen molar-refractivity contribution in [3.8, 4) is 0 Å². The van der Waals surface area contributed by atoms with Gasteiger partial charge in [0.05, 0.1) is 12.0 Å². The Kier molecular flexibility index (Phi) is 7.71. The molecule has 1 aliphatic rings. The first-order valence-electron chi connectivity index (χ1n) is 9.56. The average Bonchev–Trinajstić information content (AvgIpc) is 2.66. The Morgan fingerprint density at radius 1 is 1.25 bits per heavy atom. The maximum atomic E-state index is 13.1. The average molecular weight is 398 g/mol. The summed E-state index contributed by atoms with van der Waals surface area (Å²) in [6, 6.07) is 9.23. The van der Waals surface area contributed by atoms with E-state index in [9.17, 15) is 18.0 Å². The normalized spacial score (nSPS) is 21.7. The highest BCUT2D eigenvalue weighted by atomic mass is 19.4. The molecule has 0 bridgehead atoms. The smallest absolute Gasteiger partial charge is 0.354 e. The predicted molar refractivity (Wildman–Crippen MR) is 104 cm³/mol. The number of halogens is 3. The minimum absolute atomic E-state index is 0.0194. The number of nitrogens with zero attached hydrogens (tertiary/aromatic N) is 2. The van der Waals surface area contributed by atoms with E-state index in [4.69, 9.17) is 0 Å². The summed E-state index contributed by atoms with van der Waals surface area (Å²) < 4.78 is 39.3. The molecule has 0 spiro atoms. The van der Waals surface area contributed by atoms with Gasteiger partial charge in [-0.3, -0.25) is 4.79 Å². The van der Waals surface area contributed by atoms with Crippen LogP contribution < -0.4 is 10.6 Å². The molecule has 0 aliphatic heterocycles. The summed E-state index contributed by atoms with van der Waals surface area (Å²) in [5, 5.41) is 6.34. The Labute approximate surface area is 164 Å². The SMILES string of the molecule is CC(NC(=NCC(=O)N(C)C)NC1CCCC(C(F)(F)F)C1)c1ccccc1. The largest absolute Gasteiger partial charge is 0.391 e. The lowest BCUT2D eigenvalue weighted by molar-refractivity contribution is -0.183. The number of aliphatic imine (C=N–C) groups is 1. The Morgan fingerprint density at radius 2 is 1.93 bits per heavy atom. The fraction of sp³-hybridized carbons (Fsp3) is 0.600. The van der Waals surface area contributed by atoms with Crippen LogP contribution in [0.15, 0.2) is 35.3 Å². The highest BCUT2D eigenvalue weighted by Gasteiger charge is 2.42. The molecule has 8 heteroatoms. The van der Waals surface area contributed by atoms with Crippen molar-refractivity contribution in [2.75, 3.05) is 20.6 Å². The van der Waals surface area contributed by atoms with Crippen molar-refractivity contribution in [2.24, 2.45) is 10.9 Å². The van der Waals surface area contributed by atoms with Gasteiger partial charge in [0.1, 0.15) is 6.54 Å². The van der Waals surface area contributed by atoms with E-state index < -0.39 is 12.1 Å². The van der Waals surface area contributed by atoms with E-state index in [-0.39, 0.29) is 37.4 Å². The molecule has 5 nitrogen and oxygen atoms in total. The first-order chi connectivity index (χ1) is 13.2. The fourth-order valence-electron chi connectivity index (χ4n) is 3.26. The number of amides is 1. The zero-order chi connectivity index (χ0) is 20.7. The number of carbonyl (C=O) groups excluding carboxylic acids is 1. The highest BCUT2D eigenvalue weighted by Crippen LogP contribution is 2.37. The van der Waals surface area contributed by atoms with E-state index in [1.54, 1.807) is 14.1 Å². The number of likely N-dealkylation sites (N-methyl/N-ethyl adjacent to an activating group) is 1. The minimum Gasteiger partial charge on any atom is -0.354 e. The van der Waals surface area contributed by atoms with Crippen molar-refractivity contribution in [3.63, 3.8) is 0 Å². The van der Waals surface area contributed by atoms with Gasteiger partial charge in [0.15, 0.2) is 5.96 Å². The second-order valence-corrected chi connectivity index (χ2v) is 7.48. The van der Waals surface area contributed by atoms with E-state index in [1.165, 1.54) is 4.90 Å². The Morgan fingerprint density at radius 3 is 2.54 bits per heavy atom. The van der Waals surface area contributed by atoms with Gasteiger partial charge < -0.3 is 15.5 Å². The monoisotopic (exact) mass is 398 g/mol. The van der Waals surface area contributed by atoms with E-state index in [1.807, 2.05) is 37.3 Å². The van der Waals surface area contributed by atoms with Crippen molar-refractivity contribution in [1.82, 2.24) is 15.5 Å². The van der Waals surface area contributed by atoms with Crippen molar-refractivity contribution in [1.29, 1.82) is 0 Å². The number of hydrogen-bond donors (Lipinski definition) is 2. The summed E-state index contributed by atoms with van der Waals surface area (Å²) in [7, 11) is 3.28. The summed E-state index contributed by atoms with van der Waals surface area (Å²) in [5.74, 6) is -1.11. The molecule has 28 heavy (non-hydrogen) atoms. The molecule has 1 saturated carbocycles. The predicted octanol–water partition coefficient (Wildman–Crippen LogP) is 3.49. The molecule has 2 rings (SSSR count). The third-order valence-electron chi connectivity index (χ3n) is 5.00. The zero-order valence-electron chi connectivity index (χ0n) is 16.6. The van der Waals surface area contributed by atoms with Crippen LogP contribution in [0.25, 0.3) is 0 Å². The number of nitrogens with one attached hydrogen (secondary N) is 2. The van der Waals surface area contributed by atoms with Gasteiger partial charge in [-0.2, -0.15) is 13.2 Å². The molecule has 1 fully saturated rings. The molecule has 3 atom stereocenters. The Balaban J connectivity index is 2.09. The van der Waals surface area contributed by atoms with Gasteiger partial charge in [-0.05, 0) is 31.7 Å². The van der Waals surface area contributed by atoms with Crippen LogP contribution in [0.1, 0.15) is 44.2 Å². The molecule has 3 unspecified atom stereocenters. The lowest BCUT2D eigenvalue weighted by Crippen LogP contribution is -2.47. The molecule has 1 aromatic rings. The number of rotatable bonds is 5. The third kappa shape index (κ3) is 6.73. The molecule has 1 amide bonds. The molecule has 2 N–H and O–H groups in total. The van der Waals surface area contributed by atoms with E-state index in [0.717, 1.165) is 5.56 Å². The van der Waals surface area contributed by atoms with Crippen LogP contribution in [0.2, 0.25) is 0 Å². The maximum Gasteiger partial charge on any atom is 0.391 e. The fourth-order valence-corrected chi connectivity index (χ4v) is 3.26. The maximum absolute atomic E-state index is 13.1. The van der Waals surface area contributed by atoms with Crippen molar-refractivity contribution in [2.45, 2.75) is 50.9 Å². The quantitative estimate of drug-likeness (QED) is 0.590. The minimum atomic E-state index is -4.18. The third-order valence-corrected chi connectivity index (χ3v) is 5.00. The van der Waals surface area contributed by atoms with Crippen LogP contribution in [0.3, 0.4) is 0 Å². The van der Waals surface area contributed by atoms with E-state index in [0.29, 0.717) is 18.8 Å². The molecular weight excluding hydrogens is 369 g/mol. The summed E-state index contributed by atoms with van der Waals surface area (Å²) in [4.78, 5) is 17.6. The summed E-state index contributed by atoms with van der Waals surface area (Å²) in [6.45, 7) is 1.87. The van der Waals surface area contributed by atoms with Crippen LogP contribution in [0.4, 0.5) is 13.2 Å². The molecule has 0 heterocycles. The molecule has 0 radical (unpaired) electrons.